The molecule has 2 heterocycles. The summed E-state index contributed by atoms with van der Waals surface area (Å²) in [6.07, 6.45) is 2.13. The van der Waals surface area contributed by atoms with Crippen LogP contribution in [0.2, 0.25) is 0 Å². The topological polar surface area (TPSA) is 92.8 Å². The third kappa shape index (κ3) is 4.85. The average Bonchev–Trinajstić information content (AvgIpc) is 2.78. The molecule has 1 unspecified atom stereocenters. The number of hydrogen-bond acceptors (Lipinski definition) is 5. The van der Waals surface area contributed by atoms with Crippen LogP contribution in [-0.2, 0) is 31.2 Å². The highest BCUT2D eigenvalue weighted by molar-refractivity contribution is 7.89. The molecule has 0 aliphatic carbocycles. The lowest BCUT2D eigenvalue weighted by Crippen LogP contribution is -2.37. The van der Waals surface area contributed by atoms with E-state index in [-0.39, 0.29) is 22.4 Å². The predicted octanol–water partition coefficient (Wildman–Crippen LogP) is 2.70. The number of nitrogens with zero attached hydrogens (tertiary/aromatic N) is 1. The van der Waals surface area contributed by atoms with Crippen LogP contribution in [0.1, 0.15) is 37.0 Å². The molecule has 2 aliphatic rings. The van der Waals surface area contributed by atoms with Gasteiger partial charge in [0.05, 0.1) is 22.5 Å². The predicted molar refractivity (Wildman–Crippen MR) is 118 cm³/mol. The molecule has 9 heteroatoms. The highest BCUT2D eigenvalue weighted by Crippen LogP contribution is 2.27. The summed E-state index contributed by atoms with van der Waals surface area (Å²) in [4.78, 5) is 0.147. The zero-order valence-electron chi connectivity index (χ0n) is 17.5. The molecular weight excluding hydrogens is 436 g/mol. The fraction of sp³-hybridized carbons (Fsp3) is 0.455. The molecule has 7 nitrogen and oxygen atoms in total. The maximum absolute atomic E-state index is 12.8. The molecule has 0 aromatic heterocycles. The Morgan fingerprint density at radius 1 is 0.968 bits per heavy atom. The Hall–Kier alpha value is -1.78. The Bertz CT molecular complexity index is 1120. The van der Waals surface area contributed by atoms with Gasteiger partial charge in [0.25, 0.3) is 0 Å². The van der Waals surface area contributed by atoms with Crippen molar-refractivity contribution in [3.8, 4) is 0 Å². The summed E-state index contributed by atoms with van der Waals surface area (Å²) in [7, 11) is -7.41. The van der Waals surface area contributed by atoms with Gasteiger partial charge >= 0.3 is 0 Å². The van der Waals surface area contributed by atoms with E-state index in [4.69, 9.17) is 4.74 Å². The maximum atomic E-state index is 12.8. The molecule has 4 rings (SSSR count). The average molecular weight is 465 g/mol. The molecule has 2 aromatic rings. The first-order valence-electron chi connectivity index (χ1n) is 10.6. The molecule has 0 amide bonds. The minimum atomic E-state index is -3.80. The Morgan fingerprint density at radius 2 is 1.61 bits per heavy atom. The summed E-state index contributed by atoms with van der Waals surface area (Å²) >= 11 is 0. The molecule has 0 radical (unpaired) electrons. The first kappa shape index (κ1) is 22.4. The molecule has 1 fully saturated rings. The van der Waals surface area contributed by atoms with Crippen LogP contribution in [0.3, 0.4) is 0 Å². The number of benzene rings is 2. The number of ether oxygens (including phenoxy) is 1. The van der Waals surface area contributed by atoms with Crippen molar-refractivity contribution in [1.29, 1.82) is 0 Å². The molecule has 2 aromatic carbocycles. The van der Waals surface area contributed by atoms with E-state index in [1.807, 2.05) is 24.3 Å². The van der Waals surface area contributed by atoms with Crippen molar-refractivity contribution in [2.45, 2.75) is 42.1 Å². The van der Waals surface area contributed by atoms with Crippen molar-refractivity contribution >= 4 is 20.0 Å². The summed E-state index contributed by atoms with van der Waals surface area (Å²) in [5, 5.41) is 0. The van der Waals surface area contributed by atoms with Crippen LogP contribution in [0.5, 0.6) is 0 Å². The van der Waals surface area contributed by atoms with Gasteiger partial charge in [-0.2, -0.15) is 4.31 Å². The van der Waals surface area contributed by atoms with Gasteiger partial charge in [-0.3, -0.25) is 0 Å². The van der Waals surface area contributed by atoms with E-state index in [2.05, 4.69) is 11.6 Å². The second kappa shape index (κ2) is 8.99. The number of piperidine rings is 1. The third-order valence-electron chi connectivity index (χ3n) is 6.07. The van der Waals surface area contributed by atoms with E-state index >= 15 is 0 Å². The van der Waals surface area contributed by atoms with Gasteiger partial charge in [-0.25, -0.2) is 21.6 Å². The van der Waals surface area contributed by atoms with Gasteiger partial charge in [0, 0.05) is 19.6 Å². The van der Waals surface area contributed by atoms with Gasteiger partial charge in [0.1, 0.15) is 0 Å². The zero-order valence-corrected chi connectivity index (χ0v) is 19.2. The number of fused-ring (bicyclic) bond motifs is 1. The summed E-state index contributed by atoms with van der Waals surface area (Å²) in [5.41, 5.74) is 2.16. The summed E-state index contributed by atoms with van der Waals surface area (Å²) < 4.78 is 61.1. The van der Waals surface area contributed by atoms with E-state index in [0.29, 0.717) is 25.6 Å². The maximum Gasteiger partial charge on any atom is 0.243 e. The van der Waals surface area contributed by atoms with Gasteiger partial charge < -0.3 is 4.74 Å². The van der Waals surface area contributed by atoms with Crippen LogP contribution in [0.15, 0.2) is 58.3 Å². The molecule has 0 bridgehead atoms. The van der Waals surface area contributed by atoms with Gasteiger partial charge in [-0.05, 0) is 60.6 Å². The fourth-order valence-electron chi connectivity index (χ4n) is 4.08. The second-order valence-corrected chi connectivity index (χ2v) is 11.9. The van der Waals surface area contributed by atoms with E-state index < -0.39 is 20.0 Å². The Labute approximate surface area is 184 Å². The van der Waals surface area contributed by atoms with E-state index in [9.17, 15) is 16.8 Å². The number of hydrogen-bond donors (Lipinski definition) is 1. The molecule has 0 spiro atoms. The van der Waals surface area contributed by atoms with E-state index in [0.717, 1.165) is 24.8 Å². The van der Waals surface area contributed by atoms with Crippen LogP contribution >= 0.6 is 0 Å². The summed E-state index contributed by atoms with van der Waals surface area (Å²) in [6.45, 7) is 3.77. The lowest BCUT2D eigenvalue weighted by atomic mass is 9.98. The highest BCUT2D eigenvalue weighted by Gasteiger charge is 2.29. The fourth-order valence-corrected chi connectivity index (χ4v) is 6.58. The lowest BCUT2D eigenvalue weighted by Gasteiger charge is -2.29. The van der Waals surface area contributed by atoms with Crippen LogP contribution < -0.4 is 4.72 Å². The van der Waals surface area contributed by atoms with Crippen LogP contribution in [0, 0.1) is 5.92 Å². The van der Waals surface area contributed by atoms with Crippen molar-refractivity contribution in [3.63, 3.8) is 0 Å². The lowest BCUT2D eigenvalue weighted by molar-refractivity contribution is 0.0460. The van der Waals surface area contributed by atoms with E-state index in [1.54, 1.807) is 0 Å². The normalized spacial score (nSPS) is 21.0. The minimum absolute atomic E-state index is 0.0304. The second-order valence-electron chi connectivity index (χ2n) is 8.22. The van der Waals surface area contributed by atoms with Gasteiger partial charge in [-0.1, -0.05) is 31.2 Å². The van der Waals surface area contributed by atoms with Crippen LogP contribution in [0.4, 0.5) is 0 Å². The van der Waals surface area contributed by atoms with Gasteiger partial charge in [0.2, 0.25) is 20.0 Å². The molecule has 0 saturated carbocycles. The van der Waals surface area contributed by atoms with E-state index in [1.165, 1.54) is 34.1 Å². The largest absolute Gasteiger partial charge is 0.372 e. The van der Waals surface area contributed by atoms with Gasteiger partial charge in [-0.15, -0.1) is 0 Å². The Kier molecular flexibility index (Phi) is 6.50. The smallest absolute Gasteiger partial charge is 0.243 e. The number of rotatable bonds is 6. The molecular formula is C22H28N2O5S2. The first-order valence-corrected chi connectivity index (χ1v) is 13.5. The summed E-state index contributed by atoms with van der Waals surface area (Å²) in [5.74, 6) is 0.519. The standard InChI is InChI=1S/C22H28N2O5S2/c1-17-10-13-24(14-11-17)31(27,28)20-8-6-19(7-9-20)30(25,26)23-16-22-21-5-3-2-4-18(21)12-15-29-22/h2-9,17,22-23H,10-16H2,1H3. The molecule has 168 valence electrons. The minimum Gasteiger partial charge on any atom is -0.372 e. The van der Waals surface area contributed by atoms with Crippen molar-refractivity contribution in [1.82, 2.24) is 9.03 Å². The Balaban J connectivity index is 1.45. The van der Waals surface area contributed by atoms with Crippen LogP contribution in [0.25, 0.3) is 0 Å². The molecule has 1 atom stereocenters. The Morgan fingerprint density at radius 3 is 2.32 bits per heavy atom. The SMILES string of the molecule is CC1CCN(S(=O)(=O)c2ccc(S(=O)(=O)NCC3OCCc4ccccc43)cc2)CC1. The van der Waals surface area contributed by atoms with Crippen molar-refractivity contribution in [2.24, 2.45) is 5.92 Å². The molecule has 31 heavy (non-hydrogen) atoms. The van der Waals surface area contributed by atoms with Crippen LogP contribution in [-0.4, -0.2) is 47.4 Å². The van der Waals surface area contributed by atoms with Gasteiger partial charge in [0.15, 0.2) is 0 Å². The van der Waals surface area contributed by atoms with Crippen molar-refractivity contribution < 1.29 is 21.6 Å². The van der Waals surface area contributed by atoms with Crippen molar-refractivity contribution in [3.05, 3.63) is 59.7 Å². The van der Waals surface area contributed by atoms with Crippen molar-refractivity contribution in [2.75, 3.05) is 26.2 Å². The highest BCUT2D eigenvalue weighted by atomic mass is 32.2. The molecule has 1 N–H and O–H groups in total. The number of sulfonamides is 2. The quantitative estimate of drug-likeness (QED) is 0.710. The monoisotopic (exact) mass is 464 g/mol. The summed E-state index contributed by atoms with van der Waals surface area (Å²) in [6, 6.07) is 13.3. The third-order valence-corrected chi connectivity index (χ3v) is 9.42. The molecule has 1 saturated heterocycles. The number of nitrogens with one attached hydrogen (secondary N) is 1. The zero-order chi connectivity index (χ0) is 22.1. The first-order chi connectivity index (χ1) is 14.8. The molecule has 2 aliphatic heterocycles.